The summed E-state index contributed by atoms with van der Waals surface area (Å²) in [6.45, 7) is 4.17. The third kappa shape index (κ3) is 2.60. The van der Waals surface area contributed by atoms with Gasteiger partial charge in [-0.1, -0.05) is 18.2 Å². The van der Waals surface area contributed by atoms with Crippen LogP contribution in [-0.4, -0.2) is 42.5 Å². The zero-order chi connectivity index (χ0) is 15.5. The SMILES string of the molecule is COc1ccccc1C1CNCCN1C(=O)c1c[nH]cc1C. The zero-order valence-electron chi connectivity index (χ0n) is 12.9. The maximum absolute atomic E-state index is 12.9. The van der Waals surface area contributed by atoms with E-state index in [-0.39, 0.29) is 11.9 Å². The standard InChI is InChI=1S/C17H21N3O2/c1-12-9-19-10-14(12)17(21)20-8-7-18-11-15(20)13-5-3-4-6-16(13)22-2/h3-6,9-10,15,18-19H,7-8,11H2,1-2H3. The fraction of sp³-hybridized carbons (Fsp3) is 0.353. The van der Waals surface area contributed by atoms with Gasteiger partial charge >= 0.3 is 0 Å². The molecule has 0 bridgehead atoms. The molecule has 1 unspecified atom stereocenters. The Morgan fingerprint density at radius 2 is 2.14 bits per heavy atom. The lowest BCUT2D eigenvalue weighted by Crippen LogP contribution is -2.48. The van der Waals surface area contributed by atoms with E-state index in [4.69, 9.17) is 4.74 Å². The molecule has 1 aromatic heterocycles. The van der Waals surface area contributed by atoms with Crippen molar-refractivity contribution in [3.63, 3.8) is 0 Å². The summed E-state index contributed by atoms with van der Waals surface area (Å²) < 4.78 is 5.47. The van der Waals surface area contributed by atoms with Gasteiger partial charge in [-0.05, 0) is 18.6 Å². The predicted molar refractivity (Wildman–Crippen MR) is 85.2 cm³/mol. The minimum Gasteiger partial charge on any atom is -0.496 e. The van der Waals surface area contributed by atoms with Gasteiger partial charge in [0.15, 0.2) is 0 Å². The molecule has 2 heterocycles. The Bertz CT molecular complexity index is 665. The van der Waals surface area contributed by atoms with Crippen molar-refractivity contribution >= 4 is 5.91 Å². The molecule has 1 aliphatic heterocycles. The van der Waals surface area contributed by atoms with Crippen LogP contribution in [0.4, 0.5) is 0 Å². The van der Waals surface area contributed by atoms with Crippen molar-refractivity contribution in [3.8, 4) is 5.75 Å². The quantitative estimate of drug-likeness (QED) is 0.913. The highest BCUT2D eigenvalue weighted by atomic mass is 16.5. The average molecular weight is 299 g/mol. The molecule has 0 aliphatic carbocycles. The summed E-state index contributed by atoms with van der Waals surface area (Å²) in [5.74, 6) is 0.885. The van der Waals surface area contributed by atoms with E-state index in [1.807, 2.05) is 42.3 Å². The number of carbonyl (C=O) groups is 1. The highest BCUT2D eigenvalue weighted by Gasteiger charge is 2.31. The maximum atomic E-state index is 12.9. The molecular formula is C17H21N3O2. The number of benzene rings is 1. The molecule has 1 atom stereocenters. The summed E-state index contributed by atoms with van der Waals surface area (Å²) in [6, 6.07) is 7.87. The van der Waals surface area contributed by atoms with Crippen molar-refractivity contribution in [1.82, 2.24) is 15.2 Å². The van der Waals surface area contributed by atoms with Crippen molar-refractivity contribution in [1.29, 1.82) is 0 Å². The van der Waals surface area contributed by atoms with Crippen LogP contribution < -0.4 is 10.1 Å². The molecule has 5 heteroatoms. The molecule has 1 saturated heterocycles. The van der Waals surface area contributed by atoms with Crippen LogP contribution in [-0.2, 0) is 0 Å². The second-order valence-electron chi connectivity index (χ2n) is 5.51. The van der Waals surface area contributed by atoms with Gasteiger partial charge in [0.05, 0.1) is 18.7 Å². The number of H-pyrrole nitrogens is 1. The van der Waals surface area contributed by atoms with Gasteiger partial charge in [-0.15, -0.1) is 0 Å². The van der Waals surface area contributed by atoms with Crippen molar-refractivity contribution in [2.75, 3.05) is 26.7 Å². The van der Waals surface area contributed by atoms with E-state index in [0.717, 1.165) is 35.5 Å². The number of aryl methyl sites for hydroxylation is 1. The summed E-state index contributed by atoms with van der Waals surface area (Å²) >= 11 is 0. The van der Waals surface area contributed by atoms with Crippen LogP contribution in [0.2, 0.25) is 0 Å². The molecule has 2 aromatic rings. The number of piperazine rings is 1. The van der Waals surface area contributed by atoms with Crippen LogP contribution >= 0.6 is 0 Å². The monoisotopic (exact) mass is 299 g/mol. The first kappa shape index (κ1) is 14.7. The zero-order valence-corrected chi connectivity index (χ0v) is 12.9. The second kappa shape index (κ2) is 6.23. The molecule has 3 rings (SSSR count). The number of methoxy groups -OCH3 is 1. The Morgan fingerprint density at radius 3 is 2.86 bits per heavy atom. The van der Waals surface area contributed by atoms with Gasteiger partial charge in [0, 0.05) is 37.6 Å². The van der Waals surface area contributed by atoms with Crippen LogP contribution in [0.5, 0.6) is 5.75 Å². The van der Waals surface area contributed by atoms with Gasteiger partial charge in [-0.2, -0.15) is 0 Å². The van der Waals surface area contributed by atoms with Crippen molar-refractivity contribution in [3.05, 3.63) is 53.3 Å². The number of carbonyl (C=O) groups excluding carboxylic acids is 1. The Kier molecular flexibility index (Phi) is 4.15. The van der Waals surface area contributed by atoms with Gasteiger partial charge < -0.3 is 19.9 Å². The Hall–Kier alpha value is -2.27. The van der Waals surface area contributed by atoms with Crippen molar-refractivity contribution < 1.29 is 9.53 Å². The minimum atomic E-state index is -0.0216. The first-order valence-corrected chi connectivity index (χ1v) is 7.50. The molecule has 116 valence electrons. The minimum absolute atomic E-state index is 0.0216. The maximum Gasteiger partial charge on any atom is 0.256 e. The second-order valence-corrected chi connectivity index (χ2v) is 5.51. The van der Waals surface area contributed by atoms with Crippen LogP contribution in [0, 0.1) is 6.92 Å². The van der Waals surface area contributed by atoms with Gasteiger partial charge in [-0.25, -0.2) is 0 Å². The number of hydrogen-bond acceptors (Lipinski definition) is 3. The third-order valence-electron chi connectivity index (χ3n) is 4.18. The normalized spacial score (nSPS) is 18.3. The van der Waals surface area contributed by atoms with Crippen LogP contribution in [0.15, 0.2) is 36.7 Å². The smallest absolute Gasteiger partial charge is 0.256 e. The first-order chi connectivity index (χ1) is 10.7. The largest absolute Gasteiger partial charge is 0.496 e. The summed E-state index contributed by atoms with van der Waals surface area (Å²) in [5, 5.41) is 3.37. The van der Waals surface area contributed by atoms with E-state index in [0.29, 0.717) is 6.54 Å². The number of ether oxygens (including phenoxy) is 1. The lowest BCUT2D eigenvalue weighted by Gasteiger charge is -2.37. The molecular weight excluding hydrogens is 278 g/mol. The number of aromatic nitrogens is 1. The molecule has 22 heavy (non-hydrogen) atoms. The average Bonchev–Trinajstić information content (AvgIpc) is 3.00. The van der Waals surface area contributed by atoms with Gasteiger partial charge in [0.2, 0.25) is 0 Å². The number of nitrogens with zero attached hydrogens (tertiary/aromatic N) is 1. The molecule has 1 aromatic carbocycles. The summed E-state index contributed by atoms with van der Waals surface area (Å²) in [4.78, 5) is 17.8. The van der Waals surface area contributed by atoms with E-state index < -0.39 is 0 Å². The molecule has 2 N–H and O–H groups in total. The molecule has 0 radical (unpaired) electrons. The van der Waals surface area contributed by atoms with E-state index >= 15 is 0 Å². The van der Waals surface area contributed by atoms with E-state index in [1.165, 1.54) is 0 Å². The summed E-state index contributed by atoms with van der Waals surface area (Å²) in [5.41, 5.74) is 2.75. The molecule has 1 fully saturated rings. The van der Waals surface area contributed by atoms with Crippen LogP contribution in [0.3, 0.4) is 0 Å². The van der Waals surface area contributed by atoms with E-state index in [1.54, 1.807) is 13.3 Å². The van der Waals surface area contributed by atoms with Gasteiger partial charge in [0.25, 0.3) is 5.91 Å². The lowest BCUT2D eigenvalue weighted by atomic mass is 10.0. The molecule has 0 spiro atoms. The van der Waals surface area contributed by atoms with Crippen LogP contribution in [0.1, 0.15) is 27.5 Å². The first-order valence-electron chi connectivity index (χ1n) is 7.50. The Morgan fingerprint density at radius 1 is 1.32 bits per heavy atom. The number of hydrogen-bond donors (Lipinski definition) is 2. The fourth-order valence-corrected chi connectivity index (χ4v) is 2.99. The number of rotatable bonds is 3. The fourth-order valence-electron chi connectivity index (χ4n) is 2.99. The predicted octanol–water partition coefficient (Wildman–Crippen LogP) is 2.12. The van der Waals surface area contributed by atoms with Crippen LogP contribution in [0.25, 0.3) is 0 Å². The van der Waals surface area contributed by atoms with E-state index in [2.05, 4.69) is 10.3 Å². The van der Waals surface area contributed by atoms with Gasteiger partial charge in [-0.3, -0.25) is 4.79 Å². The number of nitrogens with one attached hydrogen (secondary N) is 2. The highest BCUT2D eigenvalue weighted by molar-refractivity contribution is 5.95. The lowest BCUT2D eigenvalue weighted by molar-refractivity contribution is 0.0631. The number of para-hydroxylation sites is 1. The summed E-state index contributed by atoms with van der Waals surface area (Å²) in [6.07, 6.45) is 3.63. The van der Waals surface area contributed by atoms with E-state index in [9.17, 15) is 4.79 Å². The molecule has 0 saturated carbocycles. The van der Waals surface area contributed by atoms with Gasteiger partial charge in [0.1, 0.15) is 5.75 Å². The number of amides is 1. The molecule has 1 amide bonds. The Labute approximate surface area is 130 Å². The highest BCUT2D eigenvalue weighted by Crippen LogP contribution is 2.31. The molecule has 1 aliphatic rings. The topological polar surface area (TPSA) is 57.4 Å². The molecule has 5 nitrogen and oxygen atoms in total. The van der Waals surface area contributed by atoms with Crippen molar-refractivity contribution in [2.45, 2.75) is 13.0 Å². The summed E-state index contributed by atoms with van der Waals surface area (Å²) in [7, 11) is 1.66. The third-order valence-corrected chi connectivity index (χ3v) is 4.18. The number of aromatic amines is 1. The Balaban J connectivity index is 1.95. The van der Waals surface area contributed by atoms with Crippen molar-refractivity contribution in [2.24, 2.45) is 0 Å².